The molecule has 3 aromatic rings. The van der Waals surface area contributed by atoms with Gasteiger partial charge in [0.15, 0.2) is 0 Å². The first-order valence-electron chi connectivity index (χ1n) is 6.52. The Morgan fingerprint density at radius 3 is 2.70 bits per heavy atom. The quantitative estimate of drug-likeness (QED) is 0.722. The van der Waals surface area contributed by atoms with Crippen molar-refractivity contribution in [2.24, 2.45) is 0 Å². The molecule has 1 N–H and O–H groups in total. The van der Waals surface area contributed by atoms with Crippen LogP contribution in [0.25, 0.3) is 22.2 Å². The van der Waals surface area contributed by atoms with Gasteiger partial charge in [-0.15, -0.1) is 0 Å². The summed E-state index contributed by atoms with van der Waals surface area (Å²) in [6, 6.07) is 12.2. The summed E-state index contributed by atoms with van der Waals surface area (Å²) < 4.78 is 10.5. The van der Waals surface area contributed by atoms with E-state index in [-0.39, 0.29) is 0 Å². The molecule has 1 aromatic carbocycles. The molecule has 4 nitrogen and oxygen atoms in total. The predicted molar refractivity (Wildman–Crippen MR) is 78.9 cm³/mol. The smallest absolute Gasteiger partial charge is 0.137 e. The van der Waals surface area contributed by atoms with Gasteiger partial charge in [0.25, 0.3) is 0 Å². The summed E-state index contributed by atoms with van der Waals surface area (Å²) >= 11 is 0. The van der Waals surface area contributed by atoms with Crippen molar-refractivity contribution in [1.29, 1.82) is 0 Å². The summed E-state index contributed by atoms with van der Waals surface area (Å²) in [5.41, 5.74) is 3.13. The lowest BCUT2D eigenvalue weighted by molar-refractivity contribution is 0.146. The molecule has 0 radical (unpaired) electrons. The first-order chi connectivity index (χ1) is 9.86. The van der Waals surface area contributed by atoms with Gasteiger partial charge in [0.05, 0.1) is 6.61 Å². The van der Waals surface area contributed by atoms with Gasteiger partial charge in [-0.1, -0.05) is 12.1 Å². The maximum absolute atomic E-state index is 5.55. The molecule has 2 heterocycles. The molecule has 0 aliphatic heterocycles. The van der Waals surface area contributed by atoms with Crippen LogP contribution in [0.2, 0.25) is 0 Å². The Kier molecular flexibility index (Phi) is 3.65. The molecule has 0 aliphatic rings. The molecule has 20 heavy (non-hydrogen) atoms. The van der Waals surface area contributed by atoms with E-state index in [1.807, 2.05) is 42.7 Å². The molecule has 0 aliphatic carbocycles. The van der Waals surface area contributed by atoms with Gasteiger partial charge in [-0.2, -0.15) is 0 Å². The lowest BCUT2D eigenvalue weighted by Gasteiger charge is -2.07. The summed E-state index contributed by atoms with van der Waals surface area (Å²) in [6.07, 6.45) is 3.77. The molecule has 0 saturated heterocycles. The minimum absolute atomic E-state index is 0.562. The van der Waals surface area contributed by atoms with Crippen LogP contribution in [-0.2, 0) is 4.74 Å². The van der Waals surface area contributed by atoms with Crippen LogP contribution in [-0.4, -0.2) is 30.3 Å². The maximum atomic E-state index is 5.55. The van der Waals surface area contributed by atoms with Crippen LogP contribution in [0.3, 0.4) is 0 Å². The third-order valence-electron chi connectivity index (χ3n) is 3.14. The van der Waals surface area contributed by atoms with E-state index in [0.717, 1.165) is 27.9 Å². The molecule has 0 unspecified atom stereocenters. The molecule has 4 heteroatoms. The molecule has 102 valence electrons. The highest BCUT2D eigenvalue weighted by Crippen LogP contribution is 2.24. The Labute approximate surface area is 117 Å². The third-order valence-corrected chi connectivity index (χ3v) is 3.14. The van der Waals surface area contributed by atoms with Gasteiger partial charge in [-0.3, -0.25) is 0 Å². The van der Waals surface area contributed by atoms with Crippen LogP contribution in [0.4, 0.5) is 0 Å². The van der Waals surface area contributed by atoms with Crippen molar-refractivity contribution in [3.8, 4) is 16.9 Å². The standard InChI is InChI=1S/C16H16N2O2/c1-19-8-9-20-15-4-2-12(3-5-15)14-10-13-6-7-17-16(13)18-11-14/h2-7,10-11H,8-9H2,1H3,(H,17,18). The van der Waals surface area contributed by atoms with E-state index >= 15 is 0 Å². The summed E-state index contributed by atoms with van der Waals surface area (Å²) in [4.78, 5) is 7.49. The number of pyridine rings is 1. The normalized spacial score (nSPS) is 10.8. The minimum atomic E-state index is 0.562. The fourth-order valence-corrected chi connectivity index (χ4v) is 2.08. The van der Waals surface area contributed by atoms with Gasteiger partial charge >= 0.3 is 0 Å². The van der Waals surface area contributed by atoms with E-state index in [2.05, 4.69) is 16.0 Å². The molecule has 0 saturated carbocycles. The van der Waals surface area contributed by atoms with E-state index in [1.54, 1.807) is 7.11 Å². The number of fused-ring (bicyclic) bond motifs is 1. The Balaban J connectivity index is 1.79. The highest BCUT2D eigenvalue weighted by molar-refractivity contribution is 5.81. The van der Waals surface area contributed by atoms with Crippen LogP contribution >= 0.6 is 0 Å². The predicted octanol–water partition coefficient (Wildman–Crippen LogP) is 3.26. The van der Waals surface area contributed by atoms with E-state index in [4.69, 9.17) is 9.47 Å². The molecule has 0 bridgehead atoms. The molecule has 0 atom stereocenters. The number of methoxy groups -OCH3 is 1. The fraction of sp³-hybridized carbons (Fsp3) is 0.188. The van der Waals surface area contributed by atoms with Crippen molar-refractivity contribution in [3.05, 3.63) is 48.8 Å². The number of benzene rings is 1. The van der Waals surface area contributed by atoms with Gasteiger partial charge in [0.1, 0.15) is 18.0 Å². The lowest BCUT2D eigenvalue weighted by atomic mass is 10.1. The average Bonchev–Trinajstić information content (AvgIpc) is 2.96. The zero-order valence-corrected chi connectivity index (χ0v) is 11.3. The third kappa shape index (κ3) is 2.65. The maximum Gasteiger partial charge on any atom is 0.137 e. The second kappa shape index (κ2) is 5.75. The number of nitrogens with one attached hydrogen (secondary N) is 1. The van der Waals surface area contributed by atoms with E-state index in [0.29, 0.717) is 13.2 Å². The van der Waals surface area contributed by atoms with Crippen LogP contribution < -0.4 is 4.74 Å². The highest BCUT2D eigenvalue weighted by Gasteiger charge is 2.02. The van der Waals surface area contributed by atoms with Crippen molar-refractivity contribution in [1.82, 2.24) is 9.97 Å². The number of hydrogen-bond donors (Lipinski definition) is 1. The van der Waals surface area contributed by atoms with Crippen molar-refractivity contribution in [2.45, 2.75) is 0 Å². The Morgan fingerprint density at radius 2 is 1.90 bits per heavy atom. The summed E-state index contributed by atoms with van der Waals surface area (Å²) in [5, 5.41) is 1.11. The van der Waals surface area contributed by atoms with E-state index < -0.39 is 0 Å². The second-order valence-corrected chi connectivity index (χ2v) is 4.51. The van der Waals surface area contributed by atoms with Crippen LogP contribution in [0.15, 0.2) is 48.8 Å². The number of aromatic amines is 1. The highest BCUT2D eigenvalue weighted by atomic mass is 16.5. The first-order valence-corrected chi connectivity index (χ1v) is 6.52. The van der Waals surface area contributed by atoms with Crippen molar-refractivity contribution in [2.75, 3.05) is 20.3 Å². The van der Waals surface area contributed by atoms with Gasteiger partial charge in [0, 0.05) is 30.5 Å². The fourth-order valence-electron chi connectivity index (χ4n) is 2.08. The summed E-state index contributed by atoms with van der Waals surface area (Å²) in [5.74, 6) is 0.849. The largest absolute Gasteiger partial charge is 0.491 e. The molecule has 0 spiro atoms. The molecule has 0 amide bonds. The van der Waals surface area contributed by atoms with Crippen molar-refractivity contribution >= 4 is 11.0 Å². The lowest BCUT2D eigenvalue weighted by Crippen LogP contribution is -2.03. The van der Waals surface area contributed by atoms with Gasteiger partial charge in [-0.25, -0.2) is 4.98 Å². The molecule has 0 fully saturated rings. The SMILES string of the molecule is COCCOc1ccc(-c2cnc3[nH]ccc3c2)cc1. The molecule has 3 rings (SSSR count). The Bertz CT molecular complexity index is 689. The minimum Gasteiger partial charge on any atom is -0.491 e. The molecular weight excluding hydrogens is 252 g/mol. The number of aromatic nitrogens is 2. The van der Waals surface area contributed by atoms with Crippen molar-refractivity contribution < 1.29 is 9.47 Å². The van der Waals surface area contributed by atoms with Crippen molar-refractivity contribution in [3.63, 3.8) is 0 Å². The first kappa shape index (κ1) is 12.7. The van der Waals surface area contributed by atoms with Gasteiger partial charge in [0.2, 0.25) is 0 Å². The second-order valence-electron chi connectivity index (χ2n) is 4.51. The summed E-state index contributed by atoms with van der Waals surface area (Å²) in [6.45, 7) is 1.16. The Hall–Kier alpha value is -2.33. The topological polar surface area (TPSA) is 47.1 Å². The van der Waals surface area contributed by atoms with E-state index in [1.165, 1.54) is 0 Å². The molecule has 2 aromatic heterocycles. The average molecular weight is 268 g/mol. The summed E-state index contributed by atoms with van der Waals surface area (Å²) in [7, 11) is 1.66. The number of H-pyrrole nitrogens is 1. The zero-order valence-electron chi connectivity index (χ0n) is 11.3. The number of rotatable bonds is 5. The Morgan fingerprint density at radius 1 is 1.05 bits per heavy atom. The van der Waals surface area contributed by atoms with E-state index in [9.17, 15) is 0 Å². The van der Waals surface area contributed by atoms with Crippen LogP contribution in [0.5, 0.6) is 5.75 Å². The van der Waals surface area contributed by atoms with Gasteiger partial charge < -0.3 is 14.5 Å². The molecular formula is C16H16N2O2. The monoisotopic (exact) mass is 268 g/mol. The number of hydrogen-bond acceptors (Lipinski definition) is 3. The van der Waals surface area contributed by atoms with Crippen LogP contribution in [0, 0.1) is 0 Å². The zero-order chi connectivity index (χ0) is 13.8. The van der Waals surface area contributed by atoms with Gasteiger partial charge in [-0.05, 0) is 29.8 Å². The number of nitrogens with zero attached hydrogens (tertiary/aromatic N) is 1. The number of ether oxygens (including phenoxy) is 2. The van der Waals surface area contributed by atoms with Crippen LogP contribution in [0.1, 0.15) is 0 Å².